The highest BCUT2D eigenvalue weighted by atomic mass is 32.1. The third-order valence-electron chi connectivity index (χ3n) is 9.99. The second-order valence-corrected chi connectivity index (χ2v) is 15.4. The number of halogens is 2. The van der Waals surface area contributed by atoms with E-state index in [-0.39, 0.29) is 11.6 Å². The summed E-state index contributed by atoms with van der Waals surface area (Å²) >= 11 is 3.58. The molecule has 2 aromatic heterocycles. The van der Waals surface area contributed by atoms with E-state index in [0.29, 0.717) is 0 Å². The summed E-state index contributed by atoms with van der Waals surface area (Å²) in [5.74, 6) is -0.537. The lowest BCUT2D eigenvalue weighted by molar-refractivity contribution is 0.627. The van der Waals surface area contributed by atoms with Crippen molar-refractivity contribution in [2.24, 2.45) is 0 Å². The maximum absolute atomic E-state index is 14.1. The maximum atomic E-state index is 14.1. The molecule has 0 saturated carbocycles. The quantitative estimate of drug-likeness (QED) is 0.161. The van der Waals surface area contributed by atoms with Gasteiger partial charge in [0.1, 0.15) is 11.6 Å². The highest BCUT2D eigenvalue weighted by molar-refractivity contribution is 7.26. The van der Waals surface area contributed by atoms with E-state index in [0.717, 1.165) is 45.3 Å². The van der Waals surface area contributed by atoms with Crippen molar-refractivity contribution in [1.82, 2.24) is 0 Å². The smallest absolute Gasteiger partial charge is 0.123 e. The minimum absolute atomic E-state index is 0.268. The molecule has 0 aliphatic heterocycles. The van der Waals surface area contributed by atoms with Gasteiger partial charge >= 0.3 is 0 Å². The summed E-state index contributed by atoms with van der Waals surface area (Å²) < 4.78 is 33.2. The van der Waals surface area contributed by atoms with E-state index < -0.39 is 0 Å². The Kier molecular flexibility index (Phi) is 7.94. The number of hydrogen-bond acceptors (Lipinski definition) is 4. The van der Waals surface area contributed by atoms with Gasteiger partial charge in [-0.15, -0.1) is 22.7 Å². The lowest BCUT2D eigenvalue weighted by atomic mass is 10.0. The molecule has 6 heteroatoms. The van der Waals surface area contributed by atoms with Crippen molar-refractivity contribution < 1.29 is 8.78 Å². The number of hydrogen-bond donors (Lipinski definition) is 0. The molecule has 0 radical (unpaired) electrons. The number of benzene rings is 8. The van der Waals surface area contributed by atoms with E-state index in [1.807, 2.05) is 24.3 Å². The highest BCUT2D eigenvalue weighted by Crippen LogP contribution is 2.43. The summed E-state index contributed by atoms with van der Waals surface area (Å²) in [5, 5.41) is 4.87. The highest BCUT2D eigenvalue weighted by Gasteiger charge is 2.17. The molecule has 0 atom stereocenters. The van der Waals surface area contributed by atoms with Crippen LogP contribution in [0.3, 0.4) is 0 Å². The van der Waals surface area contributed by atoms with Crippen molar-refractivity contribution in [2.45, 2.75) is 0 Å². The maximum Gasteiger partial charge on any atom is 0.123 e. The van der Waals surface area contributed by atoms with Crippen molar-refractivity contribution in [3.8, 4) is 11.1 Å². The summed E-state index contributed by atoms with van der Waals surface area (Å²) in [6, 6.07) is 60.4. The monoisotopic (exact) mass is 736 g/mol. The number of nitrogens with zero attached hydrogens (tertiary/aromatic N) is 2. The summed E-state index contributed by atoms with van der Waals surface area (Å²) in [4.78, 5) is 4.35. The van der Waals surface area contributed by atoms with Gasteiger partial charge in [-0.3, -0.25) is 0 Å². The second-order valence-electron chi connectivity index (χ2n) is 13.3. The molecule has 0 unspecified atom stereocenters. The zero-order valence-electron chi connectivity index (χ0n) is 28.8. The number of rotatable bonds is 7. The normalized spacial score (nSPS) is 11.5. The minimum Gasteiger partial charge on any atom is -0.310 e. The second kappa shape index (κ2) is 13.3. The van der Waals surface area contributed by atoms with Gasteiger partial charge in [0, 0.05) is 74.5 Å². The standard InChI is InChI=1S/C48H30F2N2S2/c49-33-13-21-37(22-14-33)51(39-25-27-47-43(29-39)41-5-1-3-7-45(41)53-47)35-17-9-31(10-18-35)32-11-19-36(20-12-32)52(38-23-15-34(50)16-24-38)40-26-28-48-44(30-40)42-6-2-4-8-46(42)54-48/h1-30H. The first kappa shape index (κ1) is 32.3. The third-order valence-corrected chi connectivity index (χ3v) is 12.3. The Labute approximate surface area is 319 Å². The average molecular weight is 737 g/mol. The molecule has 0 aliphatic carbocycles. The lowest BCUT2D eigenvalue weighted by Gasteiger charge is -2.26. The van der Waals surface area contributed by atoms with Crippen molar-refractivity contribution in [3.63, 3.8) is 0 Å². The Balaban J connectivity index is 1.01. The van der Waals surface area contributed by atoms with Gasteiger partial charge in [0.15, 0.2) is 0 Å². The van der Waals surface area contributed by atoms with Crippen molar-refractivity contribution in [3.05, 3.63) is 194 Å². The summed E-state index contributed by atoms with van der Waals surface area (Å²) in [5.41, 5.74) is 7.85. The fourth-order valence-corrected chi connectivity index (χ4v) is 9.56. The van der Waals surface area contributed by atoms with Crippen molar-refractivity contribution >= 4 is 97.1 Å². The summed E-state index contributed by atoms with van der Waals surface area (Å²) in [6.07, 6.45) is 0. The van der Waals surface area contributed by atoms with Crippen molar-refractivity contribution in [2.75, 3.05) is 9.80 Å². The predicted octanol–water partition coefficient (Wildman–Crippen LogP) is 15.3. The van der Waals surface area contributed by atoms with E-state index in [9.17, 15) is 8.78 Å². The van der Waals surface area contributed by atoms with Crippen LogP contribution in [-0.2, 0) is 0 Å². The molecule has 0 aliphatic rings. The Bertz CT molecular complexity index is 2740. The molecule has 258 valence electrons. The molecule has 10 aromatic rings. The Hall–Kier alpha value is -6.34. The van der Waals surface area contributed by atoms with E-state index in [2.05, 4.69) is 143 Å². The van der Waals surface area contributed by atoms with E-state index in [1.54, 1.807) is 22.7 Å². The third kappa shape index (κ3) is 5.77. The first-order valence-electron chi connectivity index (χ1n) is 17.7. The summed E-state index contributed by atoms with van der Waals surface area (Å²) in [7, 11) is 0. The van der Waals surface area contributed by atoms with E-state index in [4.69, 9.17) is 0 Å². The zero-order valence-corrected chi connectivity index (χ0v) is 30.4. The Morgan fingerprint density at radius 2 is 0.611 bits per heavy atom. The first-order valence-corrected chi connectivity index (χ1v) is 19.3. The molecule has 2 heterocycles. The van der Waals surface area contributed by atoms with Crippen LogP contribution < -0.4 is 9.80 Å². The molecule has 0 saturated heterocycles. The molecule has 0 spiro atoms. The first-order chi connectivity index (χ1) is 26.6. The molecule has 0 bridgehead atoms. The molecular formula is C48H30F2N2S2. The predicted molar refractivity (Wildman–Crippen MR) is 227 cm³/mol. The molecule has 10 rings (SSSR count). The topological polar surface area (TPSA) is 6.48 Å². The molecule has 0 N–H and O–H groups in total. The van der Waals surface area contributed by atoms with Gasteiger partial charge in [-0.2, -0.15) is 0 Å². The Morgan fingerprint density at radius 3 is 1.00 bits per heavy atom. The van der Waals surface area contributed by atoms with Crippen LogP contribution in [0.2, 0.25) is 0 Å². The van der Waals surface area contributed by atoms with Crippen LogP contribution in [0.4, 0.5) is 42.9 Å². The van der Waals surface area contributed by atoms with Crippen LogP contribution in [-0.4, -0.2) is 0 Å². The number of thiophene rings is 2. The van der Waals surface area contributed by atoms with Crippen LogP contribution in [0.5, 0.6) is 0 Å². The van der Waals surface area contributed by atoms with Gasteiger partial charge in [-0.05, 0) is 132 Å². The van der Waals surface area contributed by atoms with E-state index in [1.165, 1.54) is 64.6 Å². The van der Waals surface area contributed by atoms with Gasteiger partial charge in [-0.1, -0.05) is 60.7 Å². The van der Waals surface area contributed by atoms with Gasteiger partial charge < -0.3 is 9.80 Å². The lowest BCUT2D eigenvalue weighted by Crippen LogP contribution is -2.10. The van der Waals surface area contributed by atoms with Crippen molar-refractivity contribution in [1.29, 1.82) is 0 Å². The fourth-order valence-electron chi connectivity index (χ4n) is 7.39. The molecule has 0 fully saturated rings. The molecule has 2 nitrogen and oxygen atoms in total. The molecule has 54 heavy (non-hydrogen) atoms. The van der Waals surface area contributed by atoms with Crippen LogP contribution in [0, 0.1) is 11.6 Å². The largest absolute Gasteiger partial charge is 0.310 e. The average Bonchev–Trinajstić information content (AvgIpc) is 3.78. The SMILES string of the molecule is Fc1ccc(N(c2ccc(-c3ccc(N(c4ccc(F)cc4)c4ccc5sc6ccccc6c5c4)cc3)cc2)c2ccc3sc4ccccc4c3c2)cc1. The molecular weight excluding hydrogens is 707 g/mol. The summed E-state index contributed by atoms with van der Waals surface area (Å²) in [6.45, 7) is 0. The van der Waals surface area contributed by atoms with Gasteiger partial charge in [0.2, 0.25) is 0 Å². The zero-order chi connectivity index (χ0) is 36.2. The fraction of sp³-hybridized carbons (Fsp3) is 0. The van der Waals surface area contributed by atoms with Crippen LogP contribution in [0.15, 0.2) is 182 Å². The van der Waals surface area contributed by atoms with Crippen LogP contribution in [0.1, 0.15) is 0 Å². The van der Waals surface area contributed by atoms with Crippen LogP contribution >= 0.6 is 22.7 Å². The number of fused-ring (bicyclic) bond motifs is 6. The van der Waals surface area contributed by atoms with Crippen LogP contribution in [0.25, 0.3) is 51.5 Å². The minimum atomic E-state index is -0.268. The van der Waals surface area contributed by atoms with Gasteiger partial charge in [-0.25, -0.2) is 8.78 Å². The van der Waals surface area contributed by atoms with Gasteiger partial charge in [0.05, 0.1) is 0 Å². The number of anilines is 6. The van der Waals surface area contributed by atoms with Gasteiger partial charge in [0.25, 0.3) is 0 Å². The molecule has 0 amide bonds. The Morgan fingerprint density at radius 1 is 0.296 bits per heavy atom. The molecule has 8 aromatic carbocycles. The van der Waals surface area contributed by atoms with E-state index >= 15 is 0 Å².